The van der Waals surface area contributed by atoms with Crippen LogP contribution in [-0.4, -0.2) is 23.0 Å². The summed E-state index contributed by atoms with van der Waals surface area (Å²) in [4.78, 5) is 24.0. The number of benzene rings is 1. The van der Waals surface area contributed by atoms with Crippen molar-refractivity contribution in [3.05, 3.63) is 47.7 Å². The summed E-state index contributed by atoms with van der Waals surface area (Å²) < 4.78 is 4.91. The number of carbonyl (C=O) groups excluding carboxylic acids is 2. The highest BCUT2D eigenvalue weighted by Gasteiger charge is 2.21. The minimum absolute atomic E-state index is 0.174. The normalized spacial score (nSPS) is 11.7. The Morgan fingerprint density at radius 2 is 2.00 bits per heavy atom. The SMILES string of the molecule is CCC(=O)NC(Cc1ccccc1)C(=O)Nc1cc(C)on1. The lowest BCUT2D eigenvalue weighted by molar-refractivity contribution is -0.126. The fourth-order valence-corrected chi connectivity index (χ4v) is 1.99. The maximum Gasteiger partial charge on any atom is 0.248 e. The van der Waals surface area contributed by atoms with Gasteiger partial charge in [0.2, 0.25) is 11.8 Å². The molecule has 6 nitrogen and oxygen atoms in total. The lowest BCUT2D eigenvalue weighted by atomic mass is 10.1. The second-order valence-corrected chi connectivity index (χ2v) is 4.98. The van der Waals surface area contributed by atoms with E-state index in [4.69, 9.17) is 4.52 Å². The molecule has 0 spiro atoms. The number of amides is 2. The third-order valence-electron chi connectivity index (χ3n) is 3.13. The molecule has 2 N–H and O–H groups in total. The van der Waals surface area contributed by atoms with Crippen molar-refractivity contribution < 1.29 is 14.1 Å². The average molecular weight is 301 g/mol. The van der Waals surface area contributed by atoms with Crippen LogP contribution < -0.4 is 10.6 Å². The van der Waals surface area contributed by atoms with Gasteiger partial charge < -0.3 is 15.2 Å². The molecule has 116 valence electrons. The number of hydrogen-bond acceptors (Lipinski definition) is 4. The second kappa shape index (κ2) is 7.40. The molecule has 0 saturated heterocycles. The Hall–Kier alpha value is -2.63. The summed E-state index contributed by atoms with van der Waals surface area (Å²) in [6, 6.07) is 10.5. The maximum atomic E-state index is 12.4. The number of nitrogens with one attached hydrogen (secondary N) is 2. The molecule has 6 heteroatoms. The van der Waals surface area contributed by atoms with E-state index in [2.05, 4.69) is 15.8 Å². The minimum atomic E-state index is -0.660. The summed E-state index contributed by atoms with van der Waals surface area (Å²) in [6.45, 7) is 3.48. The topological polar surface area (TPSA) is 84.2 Å². The predicted octanol–water partition coefficient (Wildman–Crippen LogP) is 2.06. The number of nitrogens with zero attached hydrogens (tertiary/aromatic N) is 1. The van der Waals surface area contributed by atoms with Crippen LogP contribution in [0.25, 0.3) is 0 Å². The molecule has 0 aliphatic carbocycles. The molecular weight excluding hydrogens is 282 g/mol. The van der Waals surface area contributed by atoms with Crippen molar-refractivity contribution in [2.24, 2.45) is 0 Å². The van der Waals surface area contributed by atoms with E-state index in [1.54, 1.807) is 19.9 Å². The summed E-state index contributed by atoms with van der Waals surface area (Å²) >= 11 is 0. The first-order chi connectivity index (χ1) is 10.6. The van der Waals surface area contributed by atoms with E-state index in [1.807, 2.05) is 30.3 Å². The van der Waals surface area contributed by atoms with Crippen molar-refractivity contribution in [2.75, 3.05) is 5.32 Å². The van der Waals surface area contributed by atoms with E-state index in [1.165, 1.54) is 0 Å². The molecule has 0 saturated carbocycles. The van der Waals surface area contributed by atoms with Gasteiger partial charge in [0.25, 0.3) is 0 Å². The fourth-order valence-electron chi connectivity index (χ4n) is 1.99. The molecule has 1 atom stereocenters. The Balaban J connectivity index is 2.08. The number of rotatable bonds is 6. The van der Waals surface area contributed by atoms with Crippen LogP contribution >= 0.6 is 0 Å². The van der Waals surface area contributed by atoms with Crippen molar-refractivity contribution in [2.45, 2.75) is 32.7 Å². The quantitative estimate of drug-likeness (QED) is 0.855. The third-order valence-corrected chi connectivity index (χ3v) is 3.13. The van der Waals surface area contributed by atoms with Gasteiger partial charge in [0.1, 0.15) is 11.8 Å². The Kier molecular flexibility index (Phi) is 5.30. The molecule has 0 bridgehead atoms. The van der Waals surface area contributed by atoms with E-state index in [9.17, 15) is 9.59 Å². The zero-order valence-electron chi connectivity index (χ0n) is 12.6. The summed E-state index contributed by atoms with van der Waals surface area (Å²) in [5.41, 5.74) is 0.968. The molecule has 1 aromatic heterocycles. The monoisotopic (exact) mass is 301 g/mol. The molecule has 2 amide bonds. The van der Waals surface area contributed by atoms with Crippen LogP contribution in [0.3, 0.4) is 0 Å². The molecule has 0 aliphatic rings. The standard InChI is InChI=1S/C16H19N3O3/c1-3-15(20)17-13(10-12-7-5-4-6-8-12)16(21)18-14-9-11(2)22-19-14/h4-9,13H,3,10H2,1-2H3,(H,17,20)(H,18,19,21). The van der Waals surface area contributed by atoms with Gasteiger partial charge in [-0.15, -0.1) is 0 Å². The summed E-state index contributed by atoms with van der Waals surface area (Å²) in [6.07, 6.45) is 0.733. The van der Waals surface area contributed by atoms with Crippen molar-refractivity contribution in [1.82, 2.24) is 10.5 Å². The lowest BCUT2D eigenvalue weighted by Crippen LogP contribution is -2.45. The Bertz CT molecular complexity index is 637. The van der Waals surface area contributed by atoms with Gasteiger partial charge in [-0.25, -0.2) is 0 Å². The Morgan fingerprint density at radius 3 is 2.59 bits per heavy atom. The smallest absolute Gasteiger partial charge is 0.248 e. The van der Waals surface area contributed by atoms with Crippen LogP contribution in [0.15, 0.2) is 40.9 Å². The van der Waals surface area contributed by atoms with E-state index in [0.29, 0.717) is 24.4 Å². The molecule has 0 radical (unpaired) electrons. The highest BCUT2D eigenvalue weighted by Crippen LogP contribution is 2.09. The van der Waals surface area contributed by atoms with Crippen molar-refractivity contribution in [3.8, 4) is 0 Å². The summed E-state index contributed by atoms with van der Waals surface area (Å²) in [5, 5.41) is 9.11. The summed E-state index contributed by atoms with van der Waals surface area (Å²) in [5.74, 6) is 0.449. The van der Waals surface area contributed by atoms with E-state index < -0.39 is 6.04 Å². The van der Waals surface area contributed by atoms with Crippen LogP contribution in [0, 0.1) is 6.92 Å². The van der Waals surface area contributed by atoms with Gasteiger partial charge >= 0.3 is 0 Å². The molecule has 1 unspecified atom stereocenters. The van der Waals surface area contributed by atoms with Gasteiger partial charge in [-0.05, 0) is 12.5 Å². The van der Waals surface area contributed by atoms with Crippen molar-refractivity contribution in [3.63, 3.8) is 0 Å². The molecule has 1 aromatic carbocycles. The molecular formula is C16H19N3O3. The van der Waals surface area contributed by atoms with Gasteiger partial charge in [-0.2, -0.15) is 0 Å². The van der Waals surface area contributed by atoms with Crippen LogP contribution in [0.4, 0.5) is 5.82 Å². The lowest BCUT2D eigenvalue weighted by Gasteiger charge is -2.17. The van der Waals surface area contributed by atoms with Crippen LogP contribution in [0.5, 0.6) is 0 Å². The van der Waals surface area contributed by atoms with Crippen molar-refractivity contribution in [1.29, 1.82) is 0 Å². The number of anilines is 1. The van der Waals surface area contributed by atoms with Crippen LogP contribution in [0.1, 0.15) is 24.7 Å². The molecule has 22 heavy (non-hydrogen) atoms. The zero-order chi connectivity index (χ0) is 15.9. The predicted molar refractivity (Wildman–Crippen MR) is 82.2 cm³/mol. The molecule has 0 aliphatic heterocycles. The third kappa shape index (κ3) is 4.44. The van der Waals surface area contributed by atoms with Gasteiger partial charge in [-0.1, -0.05) is 42.4 Å². The zero-order valence-corrected chi connectivity index (χ0v) is 12.6. The first-order valence-electron chi connectivity index (χ1n) is 7.16. The number of carbonyl (C=O) groups is 2. The van der Waals surface area contributed by atoms with Gasteiger partial charge in [0, 0.05) is 18.9 Å². The van der Waals surface area contributed by atoms with Gasteiger partial charge in [0.15, 0.2) is 5.82 Å². The van der Waals surface area contributed by atoms with Crippen molar-refractivity contribution >= 4 is 17.6 Å². The summed E-state index contributed by atoms with van der Waals surface area (Å²) in [7, 11) is 0. The molecule has 2 rings (SSSR count). The maximum absolute atomic E-state index is 12.4. The van der Waals surface area contributed by atoms with Gasteiger partial charge in [-0.3, -0.25) is 9.59 Å². The van der Waals surface area contributed by atoms with Crippen LogP contribution in [-0.2, 0) is 16.0 Å². The number of hydrogen-bond donors (Lipinski definition) is 2. The molecule has 1 heterocycles. The molecule has 0 fully saturated rings. The number of aryl methyl sites for hydroxylation is 1. The highest BCUT2D eigenvalue weighted by molar-refractivity contribution is 5.96. The average Bonchev–Trinajstić information content (AvgIpc) is 2.92. The first kappa shape index (κ1) is 15.8. The Morgan fingerprint density at radius 1 is 1.27 bits per heavy atom. The van der Waals surface area contributed by atoms with E-state index >= 15 is 0 Å². The fraction of sp³-hybridized carbons (Fsp3) is 0.312. The highest BCUT2D eigenvalue weighted by atomic mass is 16.5. The minimum Gasteiger partial charge on any atom is -0.360 e. The Labute approximate surface area is 128 Å². The van der Waals surface area contributed by atoms with E-state index in [0.717, 1.165) is 5.56 Å². The van der Waals surface area contributed by atoms with Gasteiger partial charge in [0.05, 0.1) is 0 Å². The number of aromatic nitrogens is 1. The van der Waals surface area contributed by atoms with E-state index in [-0.39, 0.29) is 11.8 Å². The molecule has 2 aromatic rings. The van der Waals surface area contributed by atoms with Crippen LogP contribution in [0.2, 0.25) is 0 Å². The first-order valence-corrected chi connectivity index (χ1v) is 7.16. The largest absolute Gasteiger partial charge is 0.360 e. The second-order valence-electron chi connectivity index (χ2n) is 4.98.